The minimum absolute atomic E-state index is 0.175. The maximum absolute atomic E-state index is 13.0. The first-order valence-corrected chi connectivity index (χ1v) is 7.42. The fourth-order valence-corrected chi connectivity index (χ4v) is 2.50. The summed E-state index contributed by atoms with van der Waals surface area (Å²) in [5.74, 6) is 0.429. The predicted octanol–water partition coefficient (Wildman–Crippen LogP) is 2.92. The Bertz CT molecular complexity index is 1050. The molecule has 6 heteroatoms. The van der Waals surface area contributed by atoms with E-state index in [0.717, 1.165) is 11.4 Å². The number of benzene rings is 1. The van der Waals surface area contributed by atoms with Gasteiger partial charge in [-0.15, -0.1) is 0 Å². The van der Waals surface area contributed by atoms with Crippen molar-refractivity contribution in [2.24, 2.45) is 0 Å². The van der Waals surface area contributed by atoms with Gasteiger partial charge in [0.2, 0.25) is 5.95 Å². The first kappa shape index (κ1) is 14.1. The molecular formula is C18H13N5O. The Balaban J connectivity index is 1.98. The average molecular weight is 315 g/mol. The van der Waals surface area contributed by atoms with Gasteiger partial charge in [-0.25, -0.2) is 9.55 Å². The van der Waals surface area contributed by atoms with Crippen LogP contribution >= 0.6 is 0 Å². The number of nitrogens with zero attached hydrogens (tertiary/aromatic N) is 4. The fourth-order valence-electron chi connectivity index (χ4n) is 2.50. The largest absolute Gasteiger partial charge is 0.324 e. The second-order valence-corrected chi connectivity index (χ2v) is 5.17. The summed E-state index contributed by atoms with van der Waals surface area (Å²) in [5.41, 5.74) is 1.90. The van der Waals surface area contributed by atoms with Gasteiger partial charge in [0.25, 0.3) is 5.56 Å². The third kappa shape index (κ3) is 2.50. The molecule has 0 amide bonds. The van der Waals surface area contributed by atoms with Crippen molar-refractivity contribution < 1.29 is 0 Å². The number of hydrogen-bond acceptors (Lipinski definition) is 5. The van der Waals surface area contributed by atoms with E-state index in [0.29, 0.717) is 16.9 Å². The van der Waals surface area contributed by atoms with Crippen LogP contribution in [-0.2, 0) is 0 Å². The van der Waals surface area contributed by atoms with E-state index in [9.17, 15) is 4.79 Å². The summed E-state index contributed by atoms with van der Waals surface area (Å²) < 4.78 is 1.54. The normalized spacial score (nSPS) is 10.7. The molecule has 0 aliphatic carbocycles. The van der Waals surface area contributed by atoms with Gasteiger partial charge >= 0.3 is 0 Å². The summed E-state index contributed by atoms with van der Waals surface area (Å²) in [4.78, 5) is 25.7. The van der Waals surface area contributed by atoms with Crippen LogP contribution in [0.4, 0.5) is 11.6 Å². The van der Waals surface area contributed by atoms with Crippen LogP contribution in [0.15, 0.2) is 78.1 Å². The van der Waals surface area contributed by atoms with Gasteiger partial charge in [-0.3, -0.25) is 14.8 Å². The Morgan fingerprint density at radius 2 is 1.71 bits per heavy atom. The molecule has 3 aromatic heterocycles. The van der Waals surface area contributed by atoms with E-state index in [1.54, 1.807) is 24.7 Å². The van der Waals surface area contributed by atoms with Crippen LogP contribution < -0.4 is 10.9 Å². The van der Waals surface area contributed by atoms with Gasteiger partial charge in [-0.1, -0.05) is 18.2 Å². The highest BCUT2D eigenvalue weighted by atomic mass is 16.1. The molecule has 116 valence electrons. The summed E-state index contributed by atoms with van der Waals surface area (Å²) in [6, 6.07) is 14.8. The summed E-state index contributed by atoms with van der Waals surface area (Å²) in [7, 11) is 0. The molecule has 0 spiro atoms. The number of aromatic nitrogens is 4. The molecule has 0 atom stereocenters. The smallest absolute Gasteiger partial charge is 0.268 e. The molecule has 0 aliphatic heterocycles. The van der Waals surface area contributed by atoms with Crippen molar-refractivity contribution >= 4 is 22.5 Å². The first-order valence-electron chi connectivity index (χ1n) is 7.42. The molecular weight excluding hydrogens is 302 g/mol. The molecule has 3 heterocycles. The van der Waals surface area contributed by atoms with Crippen molar-refractivity contribution in [1.29, 1.82) is 0 Å². The van der Waals surface area contributed by atoms with Gasteiger partial charge in [0, 0.05) is 18.6 Å². The van der Waals surface area contributed by atoms with E-state index < -0.39 is 0 Å². The molecule has 24 heavy (non-hydrogen) atoms. The lowest BCUT2D eigenvalue weighted by Crippen LogP contribution is -2.22. The number of rotatable bonds is 3. The van der Waals surface area contributed by atoms with Gasteiger partial charge in [0.15, 0.2) is 0 Å². The molecule has 0 aliphatic rings. The van der Waals surface area contributed by atoms with E-state index in [4.69, 9.17) is 0 Å². The molecule has 0 saturated heterocycles. The summed E-state index contributed by atoms with van der Waals surface area (Å²) >= 11 is 0. The quantitative estimate of drug-likeness (QED) is 0.629. The third-order valence-electron chi connectivity index (χ3n) is 3.60. The Kier molecular flexibility index (Phi) is 3.47. The molecule has 0 unspecified atom stereocenters. The van der Waals surface area contributed by atoms with Gasteiger partial charge in [0.1, 0.15) is 0 Å². The standard InChI is InChI=1S/C18H13N5O/c24-17-15-12-20-10-8-16(15)22-18(21-13-5-4-9-19-11-13)23(17)14-6-2-1-3-7-14/h1-12H,(H,21,22). The summed E-state index contributed by atoms with van der Waals surface area (Å²) in [6.45, 7) is 0. The second-order valence-electron chi connectivity index (χ2n) is 5.17. The summed E-state index contributed by atoms with van der Waals surface area (Å²) in [6.07, 6.45) is 6.53. The van der Waals surface area contributed by atoms with Gasteiger partial charge in [-0.2, -0.15) is 0 Å². The maximum Gasteiger partial charge on any atom is 0.268 e. The van der Waals surface area contributed by atoms with E-state index in [2.05, 4.69) is 20.3 Å². The SMILES string of the molecule is O=c1c2cnccc2nc(Nc2cccnc2)n1-c1ccccc1. The zero-order valence-electron chi connectivity index (χ0n) is 12.6. The monoisotopic (exact) mass is 315 g/mol. The zero-order valence-corrected chi connectivity index (χ0v) is 12.6. The molecule has 0 fully saturated rings. The fraction of sp³-hybridized carbons (Fsp3) is 0. The van der Waals surface area contributed by atoms with Gasteiger partial charge in [0.05, 0.1) is 28.5 Å². The van der Waals surface area contributed by atoms with E-state index in [1.807, 2.05) is 42.5 Å². The number of pyridine rings is 2. The van der Waals surface area contributed by atoms with Crippen molar-refractivity contribution in [3.63, 3.8) is 0 Å². The number of fused-ring (bicyclic) bond motifs is 1. The van der Waals surface area contributed by atoms with Gasteiger partial charge < -0.3 is 5.32 Å². The van der Waals surface area contributed by atoms with E-state index in [-0.39, 0.29) is 5.56 Å². The number of anilines is 2. The minimum atomic E-state index is -0.175. The van der Waals surface area contributed by atoms with Crippen LogP contribution in [0, 0.1) is 0 Å². The molecule has 0 saturated carbocycles. The highest BCUT2D eigenvalue weighted by molar-refractivity contribution is 5.78. The highest BCUT2D eigenvalue weighted by Crippen LogP contribution is 2.18. The van der Waals surface area contributed by atoms with Crippen molar-refractivity contribution in [2.75, 3.05) is 5.32 Å². The van der Waals surface area contributed by atoms with Crippen LogP contribution in [0.1, 0.15) is 0 Å². The zero-order chi connectivity index (χ0) is 16.4. The second kappa shape index (κ2) is 5.92. The van der Waals surface area contributed by atoms with E-state index >= 15 is 0 Å². The van der Waals surface area contributed by atoms with Crippen LogP contribution in [-0.4, -0.2) is 19.5 Å². The topological polar surface area (TPSA) is 72.7 Å². The molecule has 0 radical (unpaired) electrons. The van der Waals surface area contributed by atoms with Crippen LogP contribution in [0.25, 0.3) is 16.6 Å². The average Bonchev–Trinajstić information content (AvgIpc) is 2.64. The lowest BCUT2D eigenvalue weighted by Gasteiger charge is -2.14. The Labute approximate surface area is 137 Å². The predicted molar refractivity (Wildman–Crippen MR) is 92.7 cm³/mol. The van der Waals surface area contributed by atoms with Crippen molar-refractivity contribution in [3.8, 4) is 5.69 Å². The van der Waals surface area contributed by atoms with Crippen LogP contribution in [0.5, 0.6) is 0 Å². The first-order chi connectivity index (χ1) is 11.8. The number of para-hydroxylation sites is 1. The molecule has 1 N–H and O–H groups in total. The Hall–Kier alpha value is -3.54. The molecule has 0 bridgehead atoms. The number of nitrogens with one attached hydrogen (secondary N) is 1. The van der Waals surface area contributed by atoms with Gasteiger partial charge in [-0.05, 0) is 30.3 Å². The van der Waals surface area contributed by atoms with Crippen molar-refractivity contribution in [1.82, 2.24) is 19.5 Å². The van der Waals surface area contributed by atoms with Crippen molar-refractivity contribution in [3.05, 3.63) is 83.7 Å². The maximum atomic E-state index is 13.0. The number of hydrogen-bond donors (Lipinski definition) is 1. The van der Waals surface area contributed by atoms with Crippen molar-refractivity contribution in [2.45, 2.75) is 0 Å². The van der Waals surface area contributed by atoms with Crippen LogP contribution in [0.3, 0.4) is 0 Å². The highest BCUT2D eigenvalue weighted by Gasteiger charge is 2.13. The Morgan fingerprint density at radius 1 is 0.875 bits per heavy atom. The van der Waals surface area contributed by atoms with E-state index in [1.165, 1.54) is 10.8 Å². The summed E-state index contributed by atoms with van der Waals surface area (Å²) in [5, 5.41) is 3.64. The Morgan fingerprint density at radius 3 is 2.50 bits per heavy atom. The molecule has 4 rings (SSSR count). The molecule has 1 aromatic carbocycles. The minimum Gasteiger partial charge on any atom is -0.324 e. The third-order valence-corrected chi connectivity index (χ3v) is 3.60. The lowest BCUT2D eigenvalue weighted by atomic mass is 10.3. The molecule has 4 aromatic rings. The van der Waals surface area contributed by atoms with Crippen LogP contribution in [0.2, 0.25) is 0 Å². The molecule has 6 nitrogen and oxygen atoms in total. The lowest BCUT2D eigenvalue weighted by molar-refractivity contribution is 0.971.